The second-order valence-corrected chi connectivity index (χ2v) is 3.62. The van der Waals surface area contributed by atoms with Crippen LogP contribution >= 0.6 is 11.6 Å². The Morgan fingerprint density at radius 3 is 2.80 bits per heavy atom. The quantitative estimate of drug-likeness (QED) is 0.570. The van der Waals surface area contributed by atoms with E-state index in [0.29, 0.717) is 12.5 Å². The van der Waals surface area contributed by atoms with Gasteiger partial charge in [0.2, 0.25) is 0 Å². The van der Waals surface area contributed by atoms with Crippen molar-refractivity contribution in [1.82, 2.24) is 0 Å². The highest BCUT2D eigenvalue weighted by Crippen LogP contribution is 2.25. The van der Waals surface area contributed by atoms with Crippen molar-refractivity contribution in [2.45, 2.75) is 25.6 Å². The van der Waals surface area contributed by atoms with Gasteiger partial charge >= 0.3 is 0 Å². The SMILES string of the molecule is CCOc1ccc(CCl)c(C(C)C=O)c1. The summed E-state index contributed by atoms with van der Waals surface area (Å²) in [6.45, 7) is 4.40. The first-order valence-electron chi connectivity index (χ1n) is 4.99. The van der Waals surface area contributed by atoms with Gasteiger partial charge in [-0.15, -0.1) is 11.6 Å². The van der Waals surface area contributed by atoms with E-state index in [9.17, 15) is 4.79 Å². The largest absolute Gasteiger partial charge is 0.494 e. The summed E-state index contributed by atoms with van der Waals surface area (Å²) in [7, 11) is 0. The molecule has 3 heteroatoms. The maximum Gasteiger partial charge on any atom is 0.127 e. The van der Waals surface area contributed by atoms with Crippen molar-refractivity contribution in [2.75, 3.05) is 6.61 Å². The molecule has 0 aliphatic heterocycles. The van der Waals surface area contributed by atoms with Crippen LogP contribution in [0.1, 0.15) is 30.9 Å². The molecule has 1 rings (SSSR count). The molecule has 0 bridgehead atoms. The molecule has 1 atom stereocenters. The Labute approximate surface area is 95.2 Å². The minimum atomic E-state index is -0.140. The van der Waals surface area contributed by atoms with E-state index >= 15 is 0 Å². The summed E-state index contributed by atoms with van der Waals surface area (Å²) in [4.78, 5) is 10.8. The molecule has 0 aromatic heterocycles. The number of alkyl halides is 1. The lowest BCUT2D eigenvalue weighted by atomic mass is 9.97. The van der Waals surface area contributed by atoms with Gasteiger partial charge in [0.05, 0.1) is 6.61 Å². The molecule has 1 aromatic rings. The van der Waals surface area contributed by atoms with Gasteiger partial charge in [0.25, 0.3) is 0 Å². The number of aldehydes is 1. The highest BCUT2D eigenvalue weighted by molar-refractivity contribution is 6.17. The number of halogens is 1. The normalized spacial score (nSPS) is 12.2. The van der Waals surface area contributed by atoms with Crippen molar-refractivity contribution in [3.05, 3.63) is 29.3 Å². The molecule has 1 aromatic carbocycles. The first-order valence-corrected chi connectivity index (χ1v) is 5.53. The van der Waals surface area contributed by atoms with Crippen molar-refractivity contribution < 1.29 is 9.53 Å². The van der Waals surface area contributed by atoms with E-state index in [0.717, 1.165) is 23.2 Å². The number of hydrogen-bond donors (Lipinski definition) is 0. The average Bonchev–Trinajstić information content (AvgIpc) is 2.28. The zero-order valence-corrected chi connectivity index (χ0v) is 9.75. The molecule has 0 N–H and O–H groups in total. The van der Waals surface area contributed by atoms with E-state index in [-0.39, 0.29) is 5.92 Å². The Morgan fingerprint density at radius 2 is 2.27 bits per heavy atom. The lowest BCUT2D eigenvalue weighted by molar-refractivity contribution is -0.108. The van der Waals surface area contributed by atoms with E-state index < -0.39 is 0 Å². The second-order valence-electron chi connectivity index (χ2n) is 3.35. The van der Waals surface area contributed by atoms with Crippen LogP contribution in [0.4, 0.5) is 0 Å². The predicted molar refractivity (Wildman–Crippen MR) is 61.6 cm³/mol. The summed E-state index contributed by atoms with van der Waals surface area (Å²) < 4.78 is 5.38. The maximum absolute atomic E-state index is 10.8. The van der Waals surface area contributed by atoms with Gasteiger partial charge in [-0.2, -0.15) is 0 Å². The number of carbonyl (C=O) groups is 1. The lowest BCUT2D eigenvalue weighted by Gasteiger charge is -2.12. The Kier molecular flexibility index (Phi) is 4.63. The van der Waals surface area contributed by atoms with Crippen molar-refractivity contribution in [3.63, 3.8) is 0 Å². The standard InChI is InChI=1S/C12H15ClO2/c1-3-15-11-5-4-10(7-13)12(6-11)9(2)8-14/h4-6,8-9H,3,7H2,1-2H3. The van der Waals surface area contributed by atoms with E-state index in [4.69, 9.17) is 16.3 Å². The minimum absolute atomic E-state index is 0.140. The van der Waals surface area contributed by atoms with Crippen molar-refractivity contribution in [2.24, 2.45) is 0 Å². The summed E-state index contributed by atoms with van der Waals surface area (Å²) >= 11 is 5.81. The molecule has 0 heterocycles. The molecular formula is C12H15ClO2. The minimum Gasteiger partial charge on any atom is -0.494 e. The van der Waals surface area contributed by atoms with Gasteiger partial charge in [0, 0.05) is 11.8 Å². The fourth-order valence-corrected chi connectivity index (χ4v) is 1.69. The third-order valence-corrected chi connectivity index (χ3v) is 2.55. The first kappa shape index (κ1) is 12.1. The van der Waals surface area contributed by atoms with E-state index in [2.05, 4.69) is 0 Å². The van der Waals surface area contributed by atoms with E-state index in [1.807, 2.05) is 32.0 Å². The molecule has 1 unspecified atom stereocenters. The smallest absolute Gasteiger partial charge is 0.127 e. The summed E-state index contributed by atoms with van der Waals surface area (Å²) in [5, 5.41) is 0. The van der Waals surface area contributed by atoms with Crippen LogP contribution in [-0.4, -0.2) is 12.9 Å². The van der Waals surface area contributed by atoms with Crippen molar-refractivity contribution >= 4 is 17.9 Å². The zero-order chi connectivity index (χ0) is 11.3. The molecule has 15 heavy (non-hydrogen) atoms. The van der Waals surface area contributed by atoms with Crippen LogP contribution in [-0.2, 0) is 10.7 Å². The van der Waals surface area contributed by atoms with Gasteiger partial charge in [-0.1, -0.05) is 13.0 Å². The molecule has 0 amide bonds. The highest BCUT2D eigenvalue weighted by atomic mass is 35.5. The summed E-state index contributed by atoms with van der Waals surface area (Å²) in [6, 6.07) is 5.68. The molecular weight excluding hydrogens is 212 g/mol. The number of rotatable bonds is 5. The number of benzene rings is 1. The second kappa shape index (κ2) is 5.76. The summed E-state index contributed by atoms with van der Waals surface area (Å²) in [5.74, 6) is 1.06. The first-order chi connectivity index (χ1) is 7.22. The Balaban J connectivity index is 3.06. The molecule has 82 valence electrons. The topological polar surface area (TPSA) is 26.3 Å². The van der Waals surface area contributed by atoms with E-state index in [1.54, 1.807) is 0 Å². The molecule has 0 saturated heterocycles. The molecule has 0 aliphatic rings. The third-order valence-electron chi connectivity index (χ3n) is 2.27. The van der Waals surface area contributed by atoms with Crippen LogP contribution < -0.4 is 4.74 Å². The molecule has 0 radical (unpaired) electrons. The van der Waals surface area contributed by atoms with Crippen LogP contribution in [0.15, 0.2) is 18.2 Å². The van der Waals surface area contributed by atoms with Crippen LogP contribution in [0.25, 0.3) is 0 Å². The summed E-state index contributed by atoms with van der Waals surface area (Å²) in [5.41, 5.74) is 1.94. The van der Waals surface area contributed by atoms with Gasteiger partial charge < -0.3 is 9.53 Å². The van der Waals surface area contributed by atoms with Crippen LogP contribution in [0.2, 0.25) is 0 Å². The predicted octanol–water partition coefficient (Wildman–Crippen LogP) is 3.13. The van der Waals surface area contributed by atoms with Gasteiger partial charge in [-0.25, -0.2) is 0 Å². The van der Waals surface area contributed by atoms with Gasteiger partial charge in [-0.05, 0) is 30.2 Å². The fraction of sp³-hybridized carbons (Fsp3) is 0.417. The third kappa shape index (κ3) is 2.96. The monoisotopic (exact) mass is 226 g/mol. The molecule has 0 aliphatic carbocycles. The Hall–Kier alpha value is -1.02. The van der Waals surface area contributed by atoms with Crippen LogP contribution in [0.3, 0.4) is 0 Å². The number of hydrogen-bond acceptors (Lipinski definition) is 2. The molecule has 2 nitrogen and oxygen atoms in total. The maximum atomic E-state index is 10.8. The fourth-order valence-electron chi connectivity index (χ4n) is 1.45. The molecule has 0 saturated carbocycles. The highest BCUT2D eigenvalue weighted by Gasteiger charge is 2.10. The average molecular weight is 227 g/mol. The number of carbonyl (C=O) groups excluding carboxylic acids is 1. The zero-order valence-electron chi connectivity index (χ0n) is 9.00. The van der Waals surface area contributed by atoms with Crippen molar-refractivity contribution in [3.8, 4) is 5.75 Å². The van der Waals surface area contributed by atoms with Gasteiger partial charge in [0.1, 0.15) is 12.0 Å². The molecule has 0 spiro atoms. The summed E-state index contributed by atoms with van der Waals surface area (Å²) in [6.07, 6.45) is 0.918. The lowest BCUT2D eigenvalue weighted by Crippen LogP contribution is -2.01. The van der Waals surface area contributed by atoms with Crippen LogP contribution in [0, 0.1) is 0 Å². The Bertz CT molecular complexity index is 336. The van der Waals surface area contributed by atoms with Gasteiger partial charge in [-0.3, -0.25) is 0 Å². The number of ether oxygens (including phenoxy) is 1. The van der Waals surface area contributed by atoms with Crippen molar-refractivity contribution in [1.29, 1.82) is 0 Å². The van der Waals surface area contributed by atoms with Crippen LogP contribution in [0.5, 0.6) is 5.75 Å². The molecule has 0 fully saturated rings. The Morgan fingerprint density at radius 1 is 1.53 bits per heavy atom. The van der Waals surface area contributed by atoms with E-state index in [1.165, 1.54) is 0 Å². The van der Waals surface area contributed by atoms with Gasteiger partial charge in [0.15, 0.2) is 0 Å².